The normalized spacial score (nSPS) is 28.1. The molecule has 4 aromatic carbocycles. The predicted octanol–water partition coefficient (Wildman–Crippen LogP) is 5.42. The molecule has 2 amide bonds. The maximum atomic E-state index is 14.9. The van der Waals surface area contributed by atoms with E-state index in [0.717, 1.165) is 52.4 Å². The molecule has 4 atom stereocenters. The van der Waals surface area contributed by atoms with E-state index < -0.39 is 16.9 Å². The molecule has 0 radical (unpaired) electrons. The van der Waals surface area contributed by atoms with Gasteiger partial charge in [-0.05, 0) is 65.9 Å². The maximum Gasteiger partial charge on any atom is 0.251 e. The molecule has 4 aromatic rings. The molecule has 0 saturated carbocycles. The number of hydrogen-bond acceptors (Lipinski definition) is 4. The highest BCUT2D eigenvalue weighted by atomic mass is 16.2. The van der Waals surface area contributed by atoms with E-state index in [9.17, 15) is 14.4 Å². The zero-order chi connectivity index (χ0) is 27.2. The molecule has 8 rings (SSSR count). The van der Waals surface area contributed by atoms with Crippen molar-refractivity contribution in [1.82, 2.24) is 4.90 Å². The van der Waals surface area contributed by atoms with E-state index in [2.05, 4.69) is 28.5 Å². The van der Waals surface area contributed by atoms with Crippen LogP contribution in [0.15, 0.2) is 84.9 Å². The first kappa shape index (κ1) is 23.6. The summed E-state index contributed by atoms with van der Waals surface area (Å²) in [6, 6.07) is 27.2. The number of rotatable bonds is 3. The van der Waals surface area contributed by atoms with Gasteiger partial charge in [0, 0.05) is 28.5 Å². The molecule has 0 aliphatic carbocycles. The molecule has 0 aromatic heterocycles. The molecular formula is C34H29N3O3. The van der Waals surface area contributed by atoms with E-state index in [1.807, 2.05) is 78.9 Å². The Bertz CT molecular complexity index is 1780. The number of nitrogens with zero attached hydrogens (tertiary/aromatic N) is 1. The lowest BCUT2D eigenvalue weighted by atomic mass is 9.57. The number of aryl methyl sites for hydroxylation is 1. The summed E-state index contributed by atoms with van der Waals surface area (Å²) >= 11 is 0. The molecule has 4 aliphatic heterocycles. The zero-order valence-electron chi connectivity index (χ0n) is 22.2. The van der Waals surface area contributed by atoms with Crippen LogP contribution in [-0.4, -0.2) is 35.1 Å². The summed E-state index contributed by atoms with van der Waals surface area (Å²) < 4.78 is 0. The predicted molar refractivity (Wildman–Crippen MR) is 154 cm³/mol. The number of para-hydroxylation sites is 1. The van der Waals surface area contributed by atoms with Gasteiger partial charge >= 0.3 is 0 Å². The number of anilines is 2. The summed E-state index contributed by atoms with van der Waals surface area (Å²) in [5, 5.41) is 8.30. The number of Topliss-reactive ketones (excluding diaryl/α,β-unsaturated/α-hetero) is 1. The van der Waals surface area contributed by atoms with Crippen LogP contribution in [0.25, 0.3) is 10.8 Å². The third kappa shape index (κ3) is 2.65. The Morgan fingerprint density at radius 2 is 1.60 bits per heavy atom. The molecule has 6 nitrogen and oxygen atoms in total. The van der Waals surface area contributed by atoms with Gasteiger partial charge in [-0.3, -0.25) is 19.3 Å². The van der Waals surface area contributed by atoms with Crippen LogP contribution in [0.1, 0.15) is 46.8 Å². The van der Waals surface area contributed by atoms with E-state index >= 15 is 0 Å². The van der Waals surface area contributed by atoms with Gasteiger partial charge in [-0.25, -0.2) is 0 Å². The Labute approximate surface area is 232 Å². The van der Waals surface area contributed by atoms with Gasteiger partial charge in [0.05, 0.1) is 5.92 Å². The average molecular weight is 528 g/mol. The Morgan fingerprint density at radius 3 is 2.45 bits per heavy atom. The SMILES string of the molecule is CCc1ccc2c(c1)[C@@]1(C(=O)N2)N2CCC[C@@H]2[C@@H](C(=O)c2ccc3ccccc3c2)[C@@]12C(=O)Nc1ccccc12. The Hall–Kier alpha value is -4.29. The molecular weight excluding hydrogens is 498 g/mol. The lowest BCUT2D eigenvalue weighted by Crippen LogP contribution is -2.62. The quantitative estimate of drug-likeness (QED) is 0.349. The second-order valence-electron chi connectivity index (χ2n) is 11.5. The average Bonchev–Trinajstić information content (AvgIpc) is 3.70. The molecule has 2 fully saturated rings. The Kier molecular flexibility index (Phi) is 4.79. The topological polar surface area (TPSA) is 78.5 Å². The minimum Gasteiger partial charge on any atom is -0.325 e. The van der Waals surface area contributed by atoms with Crippen molar-refractivity contribution in [2.45, 2.75) is 43.2 Å². The van der Waals surface area contributed by atoms with E-state index in [0.29, 0.717) is 17.8 Å². The molecule has 4 aliphatic rings. The second kappa shape index (κ2) is 8.12. The summed E-state index contributed by atoms with van der Waals surface area (Å²) in [5.41, 5.74) is 1.87. The Morgan fingerprint density at radius 1 is 0.850 bits per heavy atom. The first-order chi connectivity index (χ1) is 19.5. The lowest BCUT2D eigenvalue weighted by molar-refractivity contribution is -0.137. The zero-order valence-corrected chi connectivity index (χ0v) is 22.2. The van der Waals surface area contributed by atoms with E-state index in [-0.39, 0.29) is 23.6 Å². The van der Waals surface area contributed by atoms with Gasteiger partial charge in [-0.15, -0.1) is 0 Å². The lowest BCUT2D eigenvalue weighted by Gasteiger charge is -2.43. The van der Waals surface area contributed by atoms with Crippen molar-refractivity contribution in [3.63, 3.8) is 0 Å². The van der Waals surface area contributed by atoms with Crippen LogP contribution in [0, 0.1) is 5.92 Å². The smallest absolute Gasteiger partial charge is 0.251 e. The van der Waals surface area contributed by atoms with E-state index in [4.69, 9.17) is 0 Å². The monoisotopic (exact) mass is 527 g/mol. The summed E-state index contributed by atoms with van der Waals surface area (Å²) in [6.07, 6.45) is 2.42. The fourth-order valence-electron chi connectivity index (χ4n) is 8.37. The third-order valence-electron chi connectivity index (χ3n) is 9.89. The Balaban J connectivity index is 1.45. The van der Waals surface area contributed by atoms with E-state index in [1.54, 1.807) is 0 Å². The number of ketones is 1. The van der Waals surface area contributed by atoms with Crippen LogP contribution >= 0.6 is 0 Å². The fourth-order valence-corrected chi connectivity index (χ4v) is 8.37. The number of benzene rings is 4. The first-order valence-electron chi connectivity index (χ1n) is 14.2. The van der Waals surface area contributed by atoms with Crippen LogP contribution in [0.3, 0.4) is 0 Å². The minimum atomic E-state index is -1.42. The van der Waals surface area contributed by atoms with Crippen LogP contribution in [0.5, 0.6) is 0 Å². The first-order valence-corrected chi connectivity index (χ1v) is 14.2. The van der Waals surface area contributed by atoms with Crippen molar-refractivity contribution in [1.29, 1.82) is 0 Å². The van der Waals surface area contributed by atoms with Crippen molar-refractivity contribution in [3.05, 3.63) is 107 Å². The summed E-state index contributed by atoms with van der Waals surface area (Å²) in [7, 11) is 0. The highest BCUT2D eigenvalue weighted by Crippen LogP contribution is 2.67. The van der Waals surface area contributed by atoms with E-state index in [1.165, 1.54) is 0 Å². The molecule has 0 unspecified atom stereocenters. The van der Waals surface area contributed by atoms with Crippen LogP contribution in [-0.2, 0) is 27.0 Å². The number of amides is 2. The van der Waals surface area contributed by atoms with Gasteiger partial charge in [0.25, 0.3) is 5.91 Å². The van der Waals surface area contributed by atoms with Crippen molar-refractivity contribution in [2.75, 3.05) is 17.2 Å². The number of carbonyl (C=O) groups excluding carboxylic acids is 3. The number of hydrogen-bond donors (Lipinski definition) is 2. The van der Waals surface area contributed by atoms with Gasteiger partial charge < -0.3 is 10.6 Å². The van der Waals surface area contributed by atoms with Crippen molar-refractivity contribution in [2.24, 2.45) is 5.92 Å². The third-order valence-corrected chi connectivity index (χ3v) is 9.89. The molecule has 4 heterocycles. The molecule has 2 spiro atoms. The number of fused-ring (bicyclic) bond motifs is 8. The van der Waals surface area contributed by atoms with Crippen molar-refractivity contribution >= 4 is 39.7 Å². The highest BCUT2D eigenvalue weighted by molar-refractivity contribution is 6.21. The molecule has 40 heavy (non-hydrogen) atoms. The largest absolute Gasteiger partial charge is 0.325 e. The number of carbonyl (C=O) groups is 3. The summed E-state index contributed by atoms with van der Waals surface area (Å²) in [5.74, 6) is -1.31. The molecule has 2 saturated heterocycles. The van der Waals surface area contributed by atoms with Crippen molar-refractivity contribution < 1.29 is 14.4 Å². The van der Waals surface area contributed by atoms with Gasteiger partial charge in [0.15, 0.2) is 5.78 Å². The second-order valence-corrected chi connectivity index (χ2v) is 11.5. The summed E-state index contributed by atoms with van der Waals surface area (Å²) in [6.45, 7) is 2.73. The van der Waals surface area contributed by atoms with Gasteiger partial charge in [-0.2, -0.15) is 0 Å². The minimum absolute atomic E-state index is 0.0840. The molecule has 0 bridgehead atoms. The van der Waals surface area contributed by atoms with Crippen molar-refractivity contribution in [3.8, 4) is 0 Å². The molecule has 2 N–H and O–H groups in total. The number of nitrogens with one attached hydrogen (secondary N) is 2. The van der Waals surface area contributed by atoms with Crippen LogP contribution < -0.4 is 10.6 Å². The fraction of sp³-hybridized carbons (Fsp3) is 0.265. The van der Waals surface area contributed by atoms with Crippen LogP contribution in [0.2, 0.25) is 0 Å². The molecule has 6 heteroatoms. The maximum absolute atomic E-state index is 14.9. The summed E-state index contributed by atoms with van der Waals surface area (Å²) in [4.78, 5) is 46.3. The van der Waals surface area contributed by atoms with Gasteiger partial charge in [0.1, 0.15) is 11.0 Å². The molecule has 198 valence electrons. The highest BCUT2D eigenvalue weighted by Gasteiger charge is 2.81. The van der Waals surface area contributed by atoms with Crippen LogP contribution in [0.4, 0.5) is 11.4 Å². The standard InChI is InChI=1S/C34H29N3O3/c1-2-20-13-16-27-25(18-20)34(32(40)36-27)33(24-10-5-6-11-26(24)35-31(33)39)29(28-12-7-17-37(28)34)30(38)23-15-14-21-8-3-4-9-22(21)19-23/h3-6,8-11,13-16,18-19,28-29H,2,7,12,17H2,1H3,(H,35,39)(H,36,40)/t28-,29+,33+,34+/m1/s1. The van der Waals surface area contributed by atoms with Gasteiger partial charge in [-0.1, -0.05) is 73.7 Å². The van der Waals surface area contributed by atoms with Gasteiger partial charge in [0.2, 0.25) is 5.91 Å².